The molecule has 2 saturated heterocycles. The molecule has 1 N–H and O–H groups in total. The van der Waals surface area contributed by atoms with Gasteiger partial charge in [-0.25, -0.2) is 0 Å². The summed E-state index contributed by atoms with van der Waals surface area (Å²) in [6, 6.07) is 0. The maximum Gasteiger partial charge on any atom is 1.00 e. The third-order valence-corrected chi connectivity index (χ3v) is 2.11. The number of hydrogen-bond donors (Lipinski definition) is 1. The molecule has 2 aliphatic heterocycles. The van der Waals surface area contributed by atoms with Gasteiger partial charge >= 0.3 is 40.2 Å². The fourth-order valence-corrected chi connectivity index (χ4v) is 1.56. The quantitative estimate of drug-likeness (QED) is 0.356. The first kappa shape index (κ1) is 17.5. The monoisotopic (exact) mass is 276 g/mol. The van der Waals surface area contributed by atoms with E-state index in [-0.39, 0.29) is 35.7 Å². The summed E-state index contributed by atoms with van der Waals surface area (Å²) in [6.07, 6.45) is -1.98. The van der Waals surface area contributed by atoms with Gasteiger partial charge < -0.3 is 26.2 Å². The van der Waals surface area contributed by atoms with Crippen molar-refractivity contribution >= 4 is 10.6 Å². The molecule has 0 aromatic carbocycles. The van der Waals surface area contributed by atoms with Gasteiger partial charge in [-0.2, -0.15) is 0 Å². The molecule has 0 amide bonds. The molecule has 7 nitrogen and oxygen atoms in total. The molecule has 0 aliphatic carbocycles. The maximum atomic E-state index is 9.51. The number of hydrogen-bond acceptors (Lipinski definition) is 7. The molecule has 2 fully saturated rings. The molecule has 0 radical (unpaired) electrons. The molecular formula is C8H13NaO7S. The van der Waals surface area contributed by atoms with Crippen LogP contribution in [0.4, 0.5) is 0 Å². The largest absolute Gasteiger partial charge is 1.00 e. The predicted molar refractivity (Wildman–Crippen MR) is 49.8 cm³/mol. The van der Waals surface area contributed by atoms with E-state index in [0.717, 1.165) is 0 Å². The first-order valence-corrected chi connectivity index (χ1v) is 5.52. The van der Waals surface area contributed by atoms with E-state index in [1.807, 2.05) is 0 Å². The second kappa shape index (κ2) is 6.58. The Kier molecular flexibility index (Phi) is 6.75. The number of rotatable bonds is 0. The summed E-state index contributed by atoms with van der Waals surface area (Å²) >= 11 is 0. The summed E-state index contributed by atoms with van der Waals surface area (Å²) in [5.74, 6) is -0.656. The Hall–Kier alpha value is 0.460. The molecule has 4 atom stereocenters. The van der Waals surface area contributed by atoms with Gasteiger partial charge in [0, 0.05) is 0 Å². The topological polar surface area (TPSA) is 99.1 Å². The molecule has 2 rings (SSSR count). The zero-order valence-electron chi connectivity index (χ0n) is 9.82. The summed E-state index contributed by atoms with van der Waals surface area (Å²) in [7, 11) is -3.11. The third kappa shape index (κ3) is 4.92. The van der Waals surface area contributed by atoms with E-state index in [0.29, 0.717) is 0 Å². The molecule has 17 heavy (non-hydrogen) atoms. The van der Waals surface area contributed by atoms with Gasteiger partial charge in [-0.05, 0) is 20.0 Å². The van der Waals surface area contributed by atoms with Crippen LogP contribution in [0.15, 0.2) is 0 Å². The van der Waals surface area contributed by atoms with Gasteiger partial charge in [0.15, 0.2) is 12.1 Å². The van der Waals surface area contributed by atoms with Crippen molar-refractivity contribution in [3.8, 4) is 0 Å². The van der Waals surface area contributed by atoms with Crippen LogP contribution in [0.25, 0.3) is 0 Å². The first-order chi connectivity index (χ1) is 7.23. The van der Waals surface area contributed by atoms with Crippen LogP contribution >= 0.6 is 0 Å². The molecule has 0 aromatic heterocycles. The molecule has 9 heteroatoms. The van der Waals surface area contributed by atoms with E-state index < -0.39 is 34.9 Å². The number of aliphatic hydroxyl groups excluding tert-OH is 1. The van der Waals surface area contributed by atoms with Crippen molar-refractivity contribution in [2.45, 2.75) is 44.2 Å². The molecule has 4 unspecified atom stereocenters. The summed E-state index contributed by atoms with van der Waals surface area (Å²) < 4.78 is 41.3. The first-order valence-electron chi connectivity index (χ1n) is 4.52. The SMILES string of the molecule is O=S(=O)=O.[CH2-]C1OC2OC(C)(C)OC2C1O.[Na+]. The van der Waals surface area contributed by atoms with Gasteiger partial charge in [-0.3, -0.25) is 0 Å². The van der Waals surface area contributed by atoms with Crippen LogP contribution in [0.2, 0.25) is 0 Å². The molecule has 0 bridgehead atoms. The Morgan fingerprint density at radius 1 is 1.24 bits per heavy atom. The van der Waals surface area contributed by atoms with E-state index in [4.69, 9.17) is 26.8 Å². The summed E-state index contributed by atoms with van der Waals surface area (Å²) in [5, 5.41) is 9.51. The molecule has 94 valence electrons. The van der Waals surface area contributed by atoms with Crippen LogP contribution in [0.1, 0.15) is 13.8 Å². The summed E-state index contributed by atoms with van der Waals surface area (Å²) in [5.41, 5.74) is 0. The van der Waals surface area contributed by atoms with Crippen molar-refractivity contribution in [3.63, 3.8) is 0 Å². The van der Waals surface area contributed by atoms with Gasteiger partial charge in [0.2, 0.25) is 0 Å². The molecule has 0 aromatic rings. The number of fused-ring (bicyclic) bond motifs is 1. The number of ether oxygens (including phenoxy) is 3. The van der Waals surface area contributed by atoms with E-state index in [1.165, 1.54) is 0 Å². The van der Waals surface area contributed by atoms with Gasteiger partial charge in [0.1, 0.15) is 6.10 Å². The number of aliphatic hydroxyl groups is 1. The van der Waals surface area contributed by atoms with Gasteiger partial charge in [-0.15, -0.1) is 12.6 Å². The van der Waals surface area contributed by atoms with Crippen LogP contribution in [-0.4, -0.2) is 48.1 Å². The third-order valence-electron chi connectivity index (χ3n) is 2.11. The maximum absolute atomic E-state index is 9.51. The summed E-state index contributed by atoms with van der Waals surface area (Å²) in [4.78, 5) is 0. The molecule has 0 saturated carbocycles. The second-order valence-electron chi connectivity index (χ2n) is 3.84. The van der Waals surface area contributed by atoms with Crippen molar-refractivity contribution in [1.82, 2.24) is 0 Å². The van der Waals surface area contributed by atoms with Crippen molar-refractivity contribution in [2.24, 2.45) is 0 Å². The Balaban J connectivity index is 0.000000453. The average molecular weight is 276 g/mol. The zero-order valence-corrected chi connectivity index (χ0v) is 12.6. The van der Waals surface area contributed by atoms with E-state index in [1.54, 1.807) is 13.8 Å². The predicted octanol–water partition coefficient (Wildman–Crippen LogP) is -3.94. The second-order valence-corrected chi connectivity index (χ2v) is 4.25. The molecule has 2 aliphatic rings. The Labute approximate surface area is 123 Å². The Morgan fingerprint density at radius 2 is 1.71 bits per heavy atom. The van der Waals surface area contributed by atoms with Crippen molar-refractivity contribution in [2.75, 3.05) is 0 Å². The molecule has 0 spiro atoms. The molecular weight excluding hydrogens is 263 g/mol. The Morgan fingerprint density at radius 3 is 2.12 bits per heavy atom. The van der Waals surface area contributed by atoms with E-state index in [9.17, 15) is 5.11 Å². The zero-order chi connectivity index (χ0) is 12.5. The van der Waals surface area contributed by atoms with Gasteiger partial charge in [0.05, 0.1) is 6.10 Å². The Bertz CT molecular complexity index is 346. The average Bonchev–Trinajstić information content (AvgIpc) is 2.48. The van der Waals surface area contributed by atoms with Crippen LogP contribution in [0.3, 0.4) is 0 Å². The minimum Gasteiger partial charge on any atom is -0.390 e. The van der Waals surface area contributed by atoms with Crippen molar-refractivity contribution in [1.29, 1.82) is 0 Å². The van der Waals surface area contributed by atoms with Crippen LogP contribution < -0.4 is 29.6 Å². The smallest absolute Gasteiger partial charge is 0.390 e. The minimum absolute atomic E-state index is 0. The normalized spacial score (nSPS) is 37.4. The van der Waals surface area contributed by atoms with E-state index >= 15 is 0 Å². The van der Waals surface area contributed by atoms with Gasteiger partial charge in [0.25, 0.3) is 0 Å². The standard InChI is InChI=1S/C8H13O4.Na.O3S/c1-4-5(9)6-7(10-4)12-8(2,3)11-6;;1-4(2)3/h4-7,9H,1H2,2-3H3;;/q-1;+1;. The van der Waals surface area contributed by atoms with Crippen molar-refractivity contribution < 1.29 is 61.5 Å². The fourth-order valence-electron chi connectivity index (χ4n) is 1.56. The fraction of sp³-hybridized carbons (Fsp3) is 0.875. The van der Waals surface area contributed by atoms with Crippen LogP contribution in [0.5, 0.6) is 0 Å². The molecule has 2 heterocycles. The van der Waals surface area contributed by atoms with Crippen LogP contribution in [0, 0.1) is 6.92 Å². The van der Waals surface area contributed by atoms with Gasteiger partial charge in [-0.1, -0.05) is 0 Å². The minimum atomic E-state index is -3.11. The van der Waals surface area contributed by atoms with Crippen LogP contribution in [-0.2, 0) is 24.8 Å². The van der Waals surface area contributed by atoms with E-state index in [2.05, 4.69) is 6.92 Å². The summed E-state index contributed by atoms with van der Waals surface area (Å²) in [6.45, 7) is 7.20. The van der Waals surface area contributed by atoms with Crippen molar-refractivity contribution in [3.05, 3.63) is 6.92 Å².